The number of carbonyl (C=O) groups excluding carboxylic acids is 1. The van der Waals surface area contributed by atoms with Crippen molar-refractivity contribution in [1.29, 1.82) is 0 Å². The van der Waals surface area contributed by atoms with Crippen LogP contribution in [-0.2, 0) is 9.53 Å². The molecule has 0 spiro atoms. The van der Waals surface area contributed by atoms with Crippen molar-refractivity contribution in [3.05, 3.63) is 30.0 Å². The highest BCUT2D eigenvalue weighted by molar-refractivity contribution is 9.13. The first-order valence-corrected chi connectivity index (χ1v) is 6.84. The molecule has 1 aromatic heterocycles. The SMILES string of the molecule is CCOC(=O)C=Cc1c([N+](=O)[O-])sc(Br)c1Br. The number of nitrogens with zero attached hydrogens (tertiary/aromatic N) is 1. The number of carbonyl (C=O) groups is 1. The number of hydrogen-bond acceptors (Lipinski definition) is 5. The lowest BCUT2D eigenvalue weighted by Crippen LogP contribution is -1.98. The van der Waals surface area contributed by atoms with Gasteiger partial charge in [-0.1, -0.05) is 11.3 Å². The van der Waals surface area contributed by atoms with E-state index in [1.807, 2.05) is 0 Å². The van der Waals surface area contributed by atoms with E-state index in [1.165, 1.54) is 6.08 Å². The first-order valence-electron chi connectivity index (χ1n) is 4.44. The van der Waals surface area contributed by atoms with Crippen LogP contribution in [0.15, 0.2) is 14.3 Å². The Balaban J connectivity index is 3.05. The maximum Gasteiger partial charge on any atom is 0.333 e. The standard InChI is InChI=1S/C9H7Br2NO4S/c1-2-16-6(13)4-3-5-7(10)8(11)17-9(5)12(14)15/h3-4H,2H2,1H3. The van der Waals surface area contributed by atoms with Crippen molar-refractivity contribution in [3.8, 4) is 0 Å². The summed E-state index contributed by atoms with van der Waals surface area (Å²) in [4.78, 5) is 21.4. The quantitative estimate of drug-likeness (QED) is 0.343. The minimum absolute atomic E-state index is 0.0377. The molecule has 5 nitrogen and oxygen atoms in total. The molecule has 0 bridgehead atoms. The molecule has 0 aliphatic heterocycles. The zero-order valence-corrected chi connectivity index (χ0v) is 12.6. The van der Waals surface area contributed by atoms with Crippen LogP contribution in [0.25, 0.3) is 6.08 Å². The Morgan fingerprint density at radius 2 is 2.24 bits per heavy atom. The lowest BCUT2D eigenvalue weighted by molar-refractivity contribution is -0.380. The van der Waals surface area contributed by atoms with Crippen molar-refractivity contribution in [2.75, 3.05) is 6.61 Å². The number of esters is 1. The fourth-order valence-electron chi connectivity index (χ4n) is 1.01. The summed E-state index contributed by atoms with van der Waals surface area (Å²) in [7, 11) is 0. The van der Waals surface area contributed by atoms with Crippen LogP contribution in [0.1, 0.15) is 12.5 Å². The number of nitro groups is 1. The molecular weight excluding hydrogens is 378 g/mol. The van der Waals surface area contributed by atoms with E-state index in [0.717, 1.165) is 17.4 Å². The van der Waals surface area contributed by atoms with Crippen LogP contribution in [-0.4, -0.2) is 17.5 Å². The van der Waals surface area contributed by atoms with Crippen LogP contribution < -0.4 is 0 Å². The molecule has 0 atom stereocenters. The van der Waals surface area contributed by atoms with Gasteiger partial charge in [-0.25, -0.2) is 4.79 Å². The molecule has 0 unspecified atom stereocenters. The molecule has 0 aromatic carbocycles. The number of thiophene rings is 1. The summed E-state index contributed by atoms with van der Waals surface area (Å²) in [6.07, 6.45) is 2.53. The Labute approximate surface area is 118 Å². The van der Waals surface area contributed by atoms with E-state index in [4.69, 9.17) is 4.74 Å². The fourth-order valence-corrected chi connectivity index (χ4v) is 3.10. The third-order valence-electron chi connectivity index (χ3n) is 1.66. The molecule has 1 aromatic rings. The number of halogens is 2. The second kappa shape index (κ2) is 6.27. The van der Waals surface area contributed by atoms with Crippen LogP contribution in [0.5, 0.6) is 0 Å². The molecular formula is C9H7Br2NO4S. The van der Waals surface area contributed by atoms with E-state index in [9.17, 15) is 14.9 Å². The largest absolute Gasteiger partial charge is 0.463 e. The normalized spacial score (nSPS) is 10.8. The van der Waals surface area contributed by atoms with Crippen molar-refractivity contribution < 1.29 is 14.5 Å². The molecule has 0 aliphatic rings. The molecule has 8 heteroatoms. The highest BCUT2D eigenvalue weighted by atomic mass is 79.9. The van der Waals surface area contributed by atoms with Crippen molar-refractivity contribution >= 4 is 60.2 Å². The van der Waals surface area contributed by atoms with Crippen LogP contribution >= 0.6 is 43.2 Å². The lowest BCUT2D eigenvalue weighted by atomic mass is 10.3. The van der Waals surface area contributed by atoms with Crippen LogP contribution in [0, 0.1) is 10.1 Å². The van der Waals surface area contributed by atoms with Crippen LogP contribution in [0.4, 0.5) is 5.00 Å². The predicted molar refractivity (Wildman–Crippen MR) is 72.0 cm³/mol. The number of ether oxygens (including phenoxy) is 1. The molecule has 0 saturated carbocycles. The highest BCUT2D eigenvalue weighted by Gasteiger charge is 2.21. The summed E-state index contributed by atoms with van der Waals surface area (Å²) >= 11 is 7.39. The first-order chi connectivity index (χ1) is 7.97. The first kappa shape index (κ1) is 14.3. The van der Waals surface area contributed by atoms with Gasteiger partial charge in [-0.3, -0.25) is 10.1 Å². The fraction of sp³-hybridized carbons (Fsp3) is 0.222. The smallest absolute Gasteiger partial charge is 0.333 e. The summed E-state index contributed by atoms with van der Waals surface area (Å²) in [6, 6.07) is 0. The Kier molecular flexibility index (Phi) is 5.29. The molecule has 0 amide bonds. The molecule has 17 heavy (non-hydrogen) atoms. The van der Waals surface area contributed by atoms with Gasteiger partial charge in [-0.05, 0) is 44.9 Å². The Morgan fingerprint density at radius 3 is 2.76 bits per heavy atom. The topological polar surface area (TPSA) is 69.4 Å². The maximum absolute atomic E-state index is 11.1. The second-order valence-corrected chi connectivity index (χ2v) is 5.86. The average molecular weight is 385 g/mol. The van der Waals surface area contributed by atoms with Crippen LogP contribution in [0.2, 0.25) is 0 Å². The summed E-state index contributed by atoms with van der Waals surface area (Å²) in [6.45, 7) is 1.95. The van der Waals surface area contributed by atoms with E-state index in [2.05, 4.69) is 31.9 Å². The zero-order chi connectivity index (χ0) is 13.0. The molecule has 0 radical (unpaired) electrons. The number of rotatable bonds is 4. The van der Waals surface area contributed by atoms with E-state index in [1.54, 1.807) is 6.92 Å². The van der Waals surface area contributed by atoms with Gasteiger partial charge in [-0.2, -0.15) is 0 Å². The van der Waals surface area contributed by atoms with Gasteiger partial charge in [0.2, 0.25) is 0 Å². The molecule has 1 heterocycles. The summed E-state index contributed by atoms with van der Waals surface area (Å²) in [5, 5.41) is 10.7. The van der Waals surface area contributed by atoms with Crippen LogP contribution in [0.3, 0.4) is 0 Å². The van der Waals surface area contributed by atoms with Crippen molar-refractivity contribution in [2.24, 2.45) is 0 Å². The van der Waals surface area contributed by atoms with Gasteiger partial charge in [-0.15, -0.1) is 0 Å². The third kappa shape index (κ3) is 3.62. The van der Waals surface area contributed by atoms with E-state index < -0.39 is 10.9 Å². The Bertz CT molecular complexity index is 484. The van der Waals surface area contributed by atoms with Gasteiger partial charge in [0.25, 0.3) is 0 Å². The minimum Gasteiger partial charge on any atom is -0.463 e. The van der Waals surface area contributed by atoms with E-state index in [0.29, 0.717) is 13.8 Å². The molecule has 0 fully saturated rings. The molecule has 92 valence electrons. The van der Waals surface area contributed by atoms with Gasteiger partial charge in [0.1, 0.15) is 0 Å². The van der Waals surface area contributed by atoms with Gasteiger partial charge >= 0.3 is 11.0 Å². The monoisotopic (exact) mass is 383 g/mol. The minimum atomic E-state index is -0.531. The molecule has 0 aliphatic carbocycles. The molecule has 0 N–H and O–H groups in total. The van der Waals surface area contributed by atoms with Gasteiger partial charge < -0.3 is 4.74 Å². The average Bonchev–Trinajstić information content (AvgIpc) is 2.54. The van der Waals surface area contributed by atoms with Gasteiger partial charge in [0.05, 0.1) is 25.4 Å². The summed E-state index contributed by atoms with van der Waals surface area (Å²) in [5.41, 5.74) is 0.347. The highest BCUT2D eigenvalue weighted by Crippen LogP contribution is 2.42. The van der Waals surface area contributed by atoms with E-state index in [-0.39, 0.29) is 11.6 Å². The molecule has 0 saturated heterocycles. The Hall–Kier alpha value is -0.730. The lowest BCUT2D eigenvalue weighted by Gasteiger charge is -1.94. The predicted octanol–water partition coefficient (Wildman–Crippen LogP) is 3.76. The van der Waals surface area contributed by atoms with Gasteiger partial charge in [0, 0.05) is 6.08 Å². The molecule has 1 rings (SSSR count). The van der Waals surface area contributed by atoms with Crippen molar-refractivity contribution in [1.82, 2.24) is 0 Å². The zero-order valence-electron chi connectivity index (χ0n) is 8.61. The van der Waals surface area contributed by atoms with Gasteiger partial charge in [0.15, 0.2) is 0 Å². The Morgan fingerprint density at radius 1 is 1.59 bits per heavy atom. The summed E-state index contributed by atoms with van der Waals surface area (Å²) < 4.78 is 5.85. The maximum atomic E-state index is 11.1. The van der Waals surface area contributed by atoms with Crippen molar-refractivity contribution in [2.45, 2.75) is 6.92 Å². The van der Waals surface area contributed by atoms with E-state index >= 15 is 0 Å². The number of hydrogen-bond donors (Lipinski definition) is 0. The third-order valence-corrected chi connectivity index (χ3v) is 5.11. The second-order valence-electron chi connectivity index (χ2n) is 2.75. The summed E-state index contributed by atoms with van der Waals surface area (Å²) in [5.74, 6) is -0.531. The van der Waals surface area contributed by atoms with Crippen molar-refractivity contribution in [3.63, 3.8) is 0 Å².